The van der Waals surface area contributed by atoms with Gasteiger partial charge in [0.15, 0.2) is 0 Å². The predicted molar refractivity (Wildman–Crippen MR) is 74.1 cm³/mol. The smallest absolute Gasteiger partial charge is 0.224 e. The Morgan fingerprint density at radius 1 is 1.44 bits per heavy atom. The number of nitrogens with one attached hydrogen (secondary N) is 1. The zero-order valence-corrected chi connectivity index (χ0v) is 11.0. The molecule has 0 radical (unpaired) electrons. The number of hydrogen-bond donors (Lipinski definition) is 1. The second kappa shape index (κ2) is 4.96. The van der Waals surface area contributed by atoms with Crippen molar-refractivity contribution in [3.8, 4) is 0 Å². The third kappa shape index (κ3) is 2.32. The van der Waals surface area contributed by atoms with Crippen molar-refractivity contribution in [2.45, 2.75) is 0 Å². The SMILES string of the molecule is Clc1nc(NCC2=CC=COC2)c2sccc2n1. The van der Waals surface area contributed by atoms with E-state index in [-0.39, 0.29) is 5.28 Å². The standard InChI is InChI=1S/C12H10ClN3OS/c13-12-15-9-3-5-18-10(9)11(16-12)14-6-8-2-1-4-17-7-8/h1-5H,6-7H2,(H,14,15,16). The van der Waals surface area contributed by atoms with Gasteiger partial charge in [-0.15, -0.1) is 11.3 Å². The molecule has 3 heterocycles. The molecule has 0 saturated carbocycles. The lowest BCUT2D eigenvalue weighted by Gasteiger charge is -2.12. The van der Waals surface area contributed by atoms with Crippen LogP contribution in [0.25, 0.3) is 10.2 Å². The van der Waals surface area contributed by atoms with Gasteiger partial charge in [0.1, 0.15) is 12.4 Å². The van der Waals surface area contributed by atoms with Crippen molar-refractivity contribution in [2.75, 3.05) is 18.5 Å². The molecular weight excluding hydrogens is 270 g/mol. The van der Waals surface area contributed by atoms with Crippen LogP contribution in [0, 0.1) is 0 Å². The van der Waals surface area contributed by atoms with Gasteiger partial charge in [-0.2, -0.15) is 4.98 Å². The fourth-order valence-corrected chi connectivity index (χ4v) is 2.67. The van der Waals surface area contributed by atoms with Crippen LogP contribution in [0.1, 0.15) is 0 Å². The van der Waals surface area contributed by atoms with Gasteiger partial charge in [-0.1, -0.05) is 6.08 Å². The Bertz CT molecular complexity index is 635. The minimum absolute atomic E-state index is 0.261. The Labute approximate surface area is 113 Å². The average molecular weight is 280 g/mol. The van der Waals surface area contributed by atoms with E-state index in [0.717, 1.165) is 21.6 Å². The van der Waals surface area contributed by atoms with E-state index in [4.69, 9.17) is 16.3 Å². The molecular formula is C12H10ClN3OS. The first-order valence-electron chi connectivity index (χ1n) is 5.44. The average Bonchev–Trinajstić information content (AvgIpc) is 2.85. The molecule has 0 aliphatic carbocycles. The Morgan fingerprint density at radius 3 is 3.22 bits per heavy atom. The van der Waals surface area contributed by atoms with E-state index >= 15 is 0 Å². The maximum atomic E-state index is 5.89. The van der Waals surface area contributed by atoms with Crippen molar-refractivity contribution in [1.29, 1.82) is 0 Å². The summed E-state index contributed by atoms with van der Waals surface area (Å²) in [6.45, 7) is 1.29. The largest absolute Gasteiger partial charge is 0.497 e. The summed E-state index contributed by atoms with van der Waals surface area (Å²) in [7, 11) is 0. The Kier molecular flexibility index (Phi) is 3.17. The van der Waals surface area contributed by atoms with E-state index in [9.17, 15) is 0 Å². The molecule has 0 saturated heterocycles. The molecule has 1 aliphatic rings. The van der Waals surface area contributed by atoms with Gasteiger partial charge in [-0.25, -0.2) is 4.98 Å². The third-order valence-electron chi connectivity index (χ3n) is 2.53. The van der Waals surface area contributed by atoms with E-state index in [1.165, 1.54) is 0 Å². The van der Waals surface area contributed by atoms with Crippen LogP contribution < -0.4 is 5.32 Å². The minimum atomic E-state index is 0.261. The van der Waals surface area contributed by atoms with Gasteiger partial charge < -0.3 is 10.1 Å². The minimum Gasteiger partial charge on any atom is -0.497 e. The molecule has 2 aromatic rings. The van der Waals surface area contributed by atoms with Crippen LogP contribution in [0.4, 0.5) is 5.82 Å². The molecule has 0 atom stereocenters. The second-order valence-corrected chi connectivity index (χ2v) is 5.05. The summed E-state index contributed by atoms with van der Waals surface area (Å²) in [6.07, 6.45) is 5.60. The first-order valence-corrected chi connectivity index (χ1v) is 6.69. The van der Waals surface area contributed by atoms with Gasteiger partial charge in [-0.05, 0) is 34.7 Å². The molecule has 18 heavy (non-hydrogen) atoms. The van der Waals surface area contributed by atoms with E-state index in [1.54, 1.807) is 17.6 Å². The molecule has 0 fully saturated rings. The second-order valence-electron chi connectivity index (χ2n) is 3.79. The van der Waals surface area contributed by atoms with E-state index in [1.807, 2.05) is 23.6 Å². The molecule has 4 nitrogen and oxygen atoms in total. The normalized spacial score (nSPS) is 14.4. The topological polar surface area (TPSA) is 47.0 Å². The molecule has 0 amide bonds. The summed E-state index contributed by atoms with van der Waals surface area (Å²) in [4.78, 5) is 8.39. The molecule has 3 rings (SSSR count). The van der Waals surface area contributed by atoms with E-state index in [2.05, 4.69) is 15.3 Å². The molecule has 0 bridgehead atoms. The lowest BCUT2D eigenvalue weighted by atomic mass is 10.2. The van der Waals surface area contributed by atoms with Gasteiger partial charge in [0.25, 0.3) is 0 Å². The summed E-state index contributed by atoms with van der Waals surface area (Å²) in [6, 6.07) is 1.93. The van der Waals surface area contributed by atoms with Gasteiger partial charge in [0.05, 0.1) is 16.5 Å². The number of allylic oxidation sites excluding steroid dienone is 2. The van der Waals surface area contributed by atoms with Crippen LogP contribution in [0.2, 0.25) is 5.28 Å². The summed E-state index contributed by atoms with van der Waals surface area (Å²) in [5.41, 5.74) is 2.04. The Morgan fingerprint density at radius 2 is 2.39 bits per heavy atom. The van der Waals surface area contributed by atoms with Gasteiger partial charge >= 0.3 is 0 Å². The summed E-state index contributed by atoms with van der Waals surface area (Å²) in [5.74, 6) is 0.774. The third-order valence-corrected chi connectivity index (χ3v) is 3.61. The number of anilines is 1. The highest BCUT2D eigenvalue weighted by molar-refractivity contribution is 7.17. The zero-order chi connectivity index (χ0) is 12.4. The van der Waals surface area contributed by atoms with Gasteiger partial charge in [0.2, 0.25) is 5.28 Å². The van der Waals surface area contributed by atoms with Crippen molar-refractivity contribution in [1.82, 2.24) is 9.97 Å². The maximum Gasteiger partial charge on any atom is 0.224 e. The first kappa shape index (κ1) is 11.5. The van der Waals surface area contributed by atoms with Crippen molar-refractivity contribution in [2.24, 2.45) is 0 Å². The summed E-state index contributed by atoms with van der Waals surface area (Å²) in [5, 5.41) is 5.52. The van der Waals surface area contributed by atoms with Crippen LogP contribution in [0.3, 0.4) is 0 Å². The highest BCUT2D eigenvalue weighted by Gasteiger charge is 2.08. The fourth-order valence-electron chi connectivity index (χ4n) is 1.70. The molecule has 2 aromatic heterocycles. The van der Waals surface area contributed by atoms with Crippen LogP contribution >= 0.6 is 22.9 Å². The maximum absolute atomic E-state index is 5.89. The number of thiophene rings is 1. The molecule has 92 valence electrons. The number of halogens is 1. The highest BCUT2D eigenvalue weighted by Crippen LogP contribution is 2.27. The van der Waals surface area contributed by atoms with Crippen molar-refractivity contribution >= 4 is 39.0 Å². The number of rotatable bonds is 3. The quantitative estimate of drug-likeness (QED) is 0.877. The Balaban J connectivity index is 1.83. The van der Waals surface area contributed by atoms with Crippen molar-refractivity contribution < 1.29 is 4.74 Å². The molecule has 1 N–H and O–H groups in total. The molecule has 1 aliphatic heterocycles. The number of aromatic nitrogens is 2. The summed E-state index contributed by atoms with van der Waals surface area (Å²) < 4.78 is 6.24. The molecule has 0 aromatic carbocycles. The molecule has 0 unspecified atom stereocenters. The van der Waals surface area contributed by atoms with Crippen LogP contribution in [-0.2, 0) is 4.74 Å². The molecule has 6 heteroatoms. The number of fused-ring (bicyclic) bond motifs is 1. The van der Waals surface area contributed by atoms with Crippen LogP contribution in [-0.4, -0.2) is 23.1 Å². The fraction of sp³-hybridized carbons (Fsp3) is 0.167. The van der Waals surface area contributed by atoms with Crippen molar-refractivity contribution in [3.63, 3.8) is 0 Å². The van der Waals surface area contributed by atoms with Crippen LogP contribution in [0.5, 0.6) is 0 Å². The van der Waals surface area contributed by atoms with Crippen LogP contribution in [0.15, 0.2) is 35.4 Å². The van der Waals surface area contributed by atoms with E-state index in [0.29, 0.717) is 13.2 Å². The number of ether oxygens (including phenoxy) is 1. The lowest BCUT2D eigenvalue weighted by Crippen LogP contribution is -2.11. The predicted octanol–water partition coefficient (Wildman–Crippen LogP) is 3.23. The number of nitrogens with zero attached hydrogens (tertiary/aromatic N) is 2. The Hall–Kier alpha value is -1.59. The van der Waals surface area contributed by atoms with Gasteiger partial charge in [-0.3, -0.25) is 0 Å². The monoisotopic (exact) mass is 279 g/mol. The van der Waals surface area contributed by atoms with E-state index < -0.39 is 0 Å². The van der Waals surface area contributed by atoms with Gasteiger partial charge in [0, 0.05) is 6.54 Å². The first-order chi connectivity index (χ1) is 8.83. The van der Waals surface area contributed by atoms with Crippen molar-refractivity contribution in [3.05, 3.63) is 40.7 Å². The summed E-state index contributed by atoms with van der Waals surface area (Å²) >= 11 is 7.49. The molecule has 0 spiro atoms. The highest BCUT2D eigenvalue weighted by atomic mass is 35.5. The lowest BCUT2D eigenvalue weighted by molar-refractivity contribution is 0.275. The number of hydrogen-bond acceptors (Lipinski definition) is 5. The zero-order valence-electron chi connectivity index (χ0n) is 9.39.